The van der Waals surface area contributed by atoms with Gasteiger partial charge < -0.3 is 9.64 Å². The molecule has 1 unspecified atom stereocenters. The number of thioether (sulfide) groups is 1. The van der Waals surface area contributed by atoms with Crippen molar-refractivity contribution in [2.45, 2.75) is 23.4 Å². The lowest BCUT2D eigenvalue weighted by atomic mass is 10.2. The van der Waals surface area contributed by atoms with Gasteiger partial charge in [0, 0.05) is 17.6 Å². The lowest BCUT2D eigenvalue weighted by Gasteiger charge is -2.21. The van der Waals surface area contributed by atoms with E-state index in [2.05, 4.69) is 0 Å². The lowest BCUT2D eigenvalue weighted by Crippen LogP contribution is -2.37. The Bertz CT molecular complexity index is 764. The van der Waals surface area contributed by atoms with E-state index in [0.29, 0.717) is 5.69 Å². The third-order valence-electron chi connectivity index (χ3n) is 3.43. The SMILES string of the molecule is CC(OC(=O)c1ccc(SC(F)(F)F)cc1)C(=O)N(C)c1ccccc1. The number of carbonyl (C=O) groups is 2. The monoisotopic (exact) mass is 383 g/mol. The van der Waals surface area contributed by atoms with Crippen LogP contribution in [0.2, 0.25) is 0 Å². The van der Waals surface area contributed by atoms with E-state index in [4.69, 9.17) is 4.74 Å². The van der Waals surface area contributed by atoms with E-state index >= 15 is 0 Å². The molecule has 2 rings (SSSR count). The Morgan fingerprint density at radius 2 is 1.62 bits per heavy atom. The number of benzene rings is 2. The van der Waals surface area contributed by atoms with Gasteiger partial charge in [-0.15, -0.1) is 0 Å². The molecule has 0 aliphatic rings. The molecule has 0 bridgehead atoms. The smallest absolute Gasteiger partial charge is 0.446 e. The van der Waals surface area contributed by atoms with E-state index in [-0.39, 0.29) is 22.2 Å². The second-order valence-electron chi connectivity index (χ2n) is 5.35. The van der Waals surface area contributed by atoms with Gasteiger partial charge in [0.15, 0.2) is 6.10 Å². The molecular formula is C18H16F3NO3S. The van der Waals surface area contributed by atoms with E-state index in [1.165, 1.54) is 36.1 Å². The Labute approximate surface area is 152 Å². The number of carbonyl (C=O) groups excluding carboxylic acids is 2. The van der Waals surface area contributed by atoms with Crippen molar-refractivity contribution in [1.29, 1.82) is 0 Å². The van der Waals surface area contributed by atoms with Crippen LogP contribution >= 0.6 is 11.8 Å². The number of ether oxygens (including phenoxy) is 1. The van der Waals surface area contributed by atoms with Crippen LogP contribution in [0.5, 0.6) is 0 Å². The quantitative estimate of drug-likeness (QED) is 0.563. The molecule has 8 heteroatoms. The van der Waals surface area contributed by atoms with Gasteiger partial charge in [-0.05, 0) is 55.1 Å². The zero-order chi connectivity index (χ0) is 19.3. The first-order valence-corrected chi connectivity index (χ1v) is 8.38. The maximum Gasteiger partial charge on any atom is 0.446 e. The Balaban J connectivity index is 1.99. The molecule has 0 aliphatic carbocycles. The molecule has 0 saturated heterocycles. The maximum absolute atomic E-state index is 12.3. The first-order chi connectivity index (χ1) is 12.2. The molecule has 0 saturated carbocycles. The highest BCUT2D eigenvalue weighted by Gasteiger charge is 2.29. The minimum absolute atomic E-state index is 0.0398. The van der Waals surface area contributed by atoms with Crippen LogP contribution in [0, 0.1) is 0 Å². The van der Waals surface area contributed by atoms with Gasteiger partial charge in [-0.2, -0.15) is 13.2 Å². The number of esters is 1. The zero-order valence-electron chi connectivity index (χ0n) is 14.0. The average molecular weight is 383 g/mol. The van der Waals surface area contributed by atoms with E-state index in [9.17, 15) is 22.8 Å². The van der Waals surface area contributed by atoms with Gasteiger partial charge in [0.05, 0.1) is 5.56 Å². The average Bonchev–Trinajstić information content (AvgIpc) is 2.60. The summed E-state index contributed by atoms with van der Waals surface area (Å²) in [6.45, 7) is 1.44. The summed E-state index contributed by atoms with van der Waals surface area (Å²) < 4.78 is 42.0. The largest absolute Gasteiger partial charge is 0.449 e. The normalized spacial score (nSPS) is 12.3. The van der Waals surface area contributed by atoms with Crippen LogP contribution in [0.4, 0.5) is 18.9 Å². The minimum atomic E-state index is -4.40. The number of alkyl halides is 3. The molecule has 138 valence electrons. The maximum atomic E-state index is 12.3. The fourth-order valence-corrected chi connectivity index (χ4v) is 2.66. The number of anilines is 1. The van der Waals surface area contributed by atoms with Crippen molar-refractivity contribution in [1.82, 2.24) is 0 Å². The fraction of sp³-hybridized carbons (Fsp3) is 0.222. The van der Waals surface area contributed by atoms with Gasteiger partial charge in [0.25, 0.3) is 5.91 Å². The summed E-state index contributed by atoms with van der Waals surface area (Å²) in [6.07, 6.45) is -1.04. The summed E-state index contributed by atoms with van der Waals surface area (Å²) in [6, 6.07) is 13.7. The number of nitrogens with zero attached hydrogens (tertiary/aromatic N) is 1. The van der Waals surface area contributed by atoms with Crippen molar-refractivity contribution in [2.75, 3.05) is 11.9 Å². The highest BCUT2D eigenvalue weighted by molar-refractivity contribution is 8.00. The Morgan fingerprint density at radius 3 is 2.15 bits per heavy atom. The summed E-state index contributed by atoms with van der Waals surface area (Å²) in [5, 5.41) is 0. The molecule has 1 atom stereocenters. The summed E-state index contributed by atoms with van der Waals surface area (Å²) in [4.78, 5) is 25.8. The van der Waals surface area contributed by atoms with E-state index in [0.717, 1.165) is 0 Å². The summed E-state index contributed by atoms with van der Waals surface area (Å²) in [5.74, 6) is -1.20. The van der Waals surface area contributed by atoms with E-state index in [1.54, 1.807) is 31.3 Å². The van der Waals surface area contributed by atoms with Crippen LogP contribution < -0.4 is 4.90 Å². The predicted molar refractivity (Wildman–Crippen MR) is 93.1 cm³/mol. The molecule has 0 N–H and O–H groups in total. The summed E-state index contributed by atoms with van der Waals surface area (Å²) in [7, 11) is 1.56. The van der Waals surface area contributed by atoms with Crippen molar-refractivity contribution in [3.63, 3.8) is 0 Å². The fourth-order valence-electron chi connectivity index (χ4n) is 2.12. The van der Waals surface area contributed by atoms with Crippen LogP contribution in [0.3, 0.4) is 0 Å². The molecule has 0 radical (unpaired) electrons. The molecule has 0 aliphatic heterocycles. The highest BCUT2D eigenvalue weighted by Crippen LogP contribution is 2.36. The standard InChI is InChI=1S/C18H16F3NO3S/c1-12(16(23)22(2)14-6-4-3-5-7-14)25-17(24)13-8-10-15(11-9-13)26-18(19,20)21/h3-12H,1-2H3. The number of likely N-dealkylation sites (N-methyl/N-ethyl adjacent to an activating group) is 1. The van der Waals surface area contributed by atoms with Crippen LogP contribution in [-0.2, 0) is 9.53 Å². The van der Waals surface area contributed by atoms with Crippen molar-refractivity contribution < 1.29 is 27.5 Å². The number of amides is 1. The van der Waals surface area contributed by atoms with Crippen LogP contribution in [0.15, 0.2) is 59.5 Å². The number of halogens is 3. The molecule has 4 nitrogen and oxygen atoms in total. The Kier molecular flexibility index (Phi) is 6.31. The number of hydrogen-bond acceptors (Lipinski definition) is 4. The summed E-state index contributed by atoms with van der Waals surface area (Å²) >= 11 is -0.271. The molecule has 26 heavy (non-hydrogen) atoms. The first-order valence-electron chi connectivity index (χ1n) is 7.57. The van der Waals surface area contributed by atoms with E-state index < -0.39 is 23.5 Å². The Hall–Kier alpha value is -2.48. The van der Waals surface area contributed by atoms with Gasteiger partial charge in [-0.1, -0.05) is 18.2 Å². The van der Waals surface area contributed by atoms with Crippen LogP contribution in [-0.4, -0.2) is 30.5 Å². The van der Waals surface area contributed by atoms with Gasteiger partial charge >= 0.3 is 11.5 Å². The number of rotatable bonds is 5. The highest BCUT2D eigenvalue weighted by atomic mass is 32.2. The topological polar surface area (TPSA) is 46.6 Å². The third kappa shape index (κ3) is 5.52. The molecule has 1 amide bonds. The van der Waals surface area contributed by atoms with Crippen molar-refractivity contribution in [2.24, 2.45) is 0 Å². The molecule has 0 spiro atoms. The number of para-hydroxylation sites is 1. The van der Waals surface area contributed by atoms with Gasteiger partial charge in [0.2, 0.25) is 0 Å². The second kappa shape index (κ2) is 8.27. The van der Waals surface area contributed by atoms with E-state index in [1.807, 2.05) is 6.07 Å². The number of hydrogen-bond donors (Lipinski definition) is 0. The first kappa shape index (κ1) is 19.8. The minimum Gasteiger partial charge on any atom is -0.449 e. The van der Waals surface area contributed by atoms with Crippen LogP contribution in [0.25, 0.3) is 0 Å². The van der Waals surface area contributed by atoms with Gasteiger partial charge in [-0.25, -0.2) is 4.79 Å². The molecule has 0 aromatic heterocycles. The molecule has 2 aromatic rings. The molecule has 0 heterocycles. The van der Waals surface area contributed by atoms with Crippen molar-refractivity contribution in [3.05, 3.63) is 60.2 Å². The van der Waals surface area contributed by atoms with Crippen molar-refractivity contribution >= 4 is 29.3 Å². The predicted octanol–water partition coefficient (Wildman–Crippen LogP) is 4.51. The van der Waals surface area contributed by atoms with Crippen molar-refractivity contribution in [3.8, 4) is 0 Å². The lowest BCUT2D eigenvalue weighted by molar-refractivity contribution is -0.126. The third-order valence-corrected chi connectivity index (χ3v) is 4.17. The summed E-state index contributed by atoms with van der Waals surface area (Å²) in [5.41, 5.74) is -3.68. The Morgan fingerprint density at radius 1 is 1.04 bits per heavy atom. The van der Waals surface area contributed by atoms with Gasteiger partial charge in [0.1, 0.15) is 0 Å². The molecule has 0 fully saturated rings. The molecular weight excluding hydrogens is 367 g/mol. The zero-order valence-corrected chi connectivity index (χ0v) is 14.8. The second-order valence-corrected chi connectivity index (χ2v) is 6.49. The van der Waals surface area contributed by atoms with Crippen LogP contribution in [0.1, 0.15) is 17.3 Å². The van der Waals surface area contributed by atoms with Gasteiger partial charge in [-0.3, -0.25) is 4.79 Å². The molecule has 2 aromatic carbocycles.